The summed E-state index contributed by atoms with van der Waals surface area (Å²) in [6, 6.07) is 13.4. The number of amides is 3. The van der Waals surface area contributed by atoms with E-state index in [1.54, 1.807) is 30.5 Å². The number of ether oxygens (including phenoxy) is 3. The minimum absolute atomic E-state index is 0.0338. The minimum Gasteiger partial charge on any atom is -0.480 e. The van der Waals surface area contributed by atoms with Crippen LogP contribution in [0.3, 0.4) is 0 Å². The summed E-state index contributed by atoms with van der Waals surface area (Å²) in [5.74, 6) is 1.96. The zero-order valence-corrected chi connectivity index (χ0v) is 22.6. The largest absolute Gasteiger partial charge is 0.480 e. The average Bonchev–Trinajstić information content (AvgIpc) is 3.55. The first kappa shape index (κ1) is 26.8. The lowest BCUT2D eigenvalue weighted by atomic mass is 10.1. The van der Waals surface area contributed by atoms with E-state index in [2.05, 4.69) is 32.0 Å². The predicted octanol–water partition coefficient (Wildman–Crippen LogP) is 2.95. The van der Waals surface area contributed by atoms with E-state index >= 15 is 0 Å². The molecule has 12 nitrogen and oxygen atoms in total. The fourth-order valence-corrected chi connectivity index (χ4v) is 5.25. The van der Waals surface area contributed by atoms with Gasteiger partial charge in [-0.2, -0.15) is 0 Å². The van der Waals surface area contributed by atoms with Gasteiger partial charge in [0.2, 0.25) is 0 Å². The Morgan fingerprint density at radius 1 is 0.951 bits per heavy atom. The lowest BCUT2D eigenvalue weighted by molar-refractivity contribution is -0.119. The van der Waals surface area contributed by atoms with E-state index in [4.69, 9.17) is 25.8 Å². The van der Waals surface area contributed by atoms with Gasteiger partial charge >= 0.3 is 6.09 Å². The first-order valence-electron chi connectivity index (χ1n) is 13.2. The highest BCUT2D eigenvalue weighted by Crippen LogP contribution is 2.30. The number of hydrogen-bond donors (Lipinski definition) is 3. The zero-order chi connectivity index (χ0) is 28.3. The van der Waals surface area contributed by atoms with Crippen molar-refractivity contribution in [3.63, 3.8) is 0 Å². The number of nitrogens with zero attached hydrogens (tertiary/aromatic N) is 3. The molecular weight excluding hydrogens is 552 g/mol. The van der Waals surface area contributed by atoms with E-state index in [0.717, 1.165) is 24.4 Å². The Bertz CT molecular complexity index is 1500. The molecule has 2 unspecified atom stereocenters. The number of hydrogen-bond acceptors (Lipinski definition) is 9. The molecule has 1 aromatic carbocycles. The summed E-state index contributed by atoms with van der Waals surface area (Å²) in [6.07, 6.45) is 3.61. The summed E-state index contributed by atoms with van der Waals surface area (Å²) in [5, 5.41) is 9.57. The summed E-state index contributed by atoms with van der Waals surface area (Å²) in [6.45, 7) is 1.22. The third kappa shape index (κ3) is 6.18. The highest BCUT2D eigenvalue weighted by atomic mass is 35.5. The Balaban J connectivity index is 0.000000229. The summed E-state index contributed by atoms with van der Waals surface area (Å²) in [7, 11) is 0. The number of nitrogens with one attached hydrogen (secondary N) is 3. The topological polar surface area (TPSA) is 144 Å². The molecule has 0 bridgehead atoms. The lowest BCUT2D eigenvalue weighted by Gasteiger charge is -2.19. The molecule has 7 rings (SSSR count). The molecule has 1 saturated heterocycles. The Kier molecular flexibility index (Phi) is 7.57. The van der Waals surface area contributed by atoms with Crippen molar-refractivity contribution in [2.45, 2.75) is 31.4 Å². The maximum atomic E-state index is 12.3. The second-order valence-electron chi connectivity index (χ2n) is 9.92. The molecular formula is C28H27ClN6O6. The van der Waals surface area contributed by atoms with Gasteiger partial charge in [0, 0.05) is 17.3 Å². The fourth-order valence-electron chi connectivity index (χ4n) is 5.05. The number of cyclic esters (lactones) is 1. The van der Waals surface area contributed by atoms with Gasteiger partial charge < -0.3 is 30.2 Å². The van der Waals surface area contributed by atoms with Crippen LogP contribution >= 0.6 is 11.6 Å². The lowest BCUT2D eigenvalue weighted by Crippen LogP contribution is -2.33. The van der Waals surface area contributed by atoms with E-state index in [-0.39, 0.29) is 31.1 Å². The predicted molar refractivity (Wildman–Crippen MR) is 150 cm³/mol. The van der Waals surface area contributed by atoms with Crippen molar-refractivity contribution in [2.24, 2.45) is 0 Å². The molecule has 3 aromatic rings. The fraction of sp³-hybridized carbons (Fsp3) is 0.321. The van der Waals surface area contributed by atoms with Crippen LogP contribution < -0.4 is 30.3 Å². The third-order valence-electron chi connectivity index (χ3n) is 7.00. The van der Waals surface area contributed by atoms with Gasteiger partial charge in [-0.1, -0.05) is 17.7 Å². The molecule has 1 aliphatic carbocycles. The van der Waals surface area contributed by atoms with Crippen LogP contribution in [0.15, 0.2) is 48.7 Å². The molecule has 2 atom stereocenters. The van der Waals surface area contributed by atoms with Gasteiger partial charge in [-0.3, -0.25) is 14.5 Å². The van der Waals surface area contributed by atoms with Gasteiger partial charge in [0.15, 0.2) is 36.3 Å². The Morgan fingerprint density at radius 3 is 2.54 bits per heavy atom. The molecule has 0 saturated carbocycles. The van der Waals surface area contributed by atoms with E-state index in [1.165, 1.54) is 16.0 Å². The van der Waals surface area contributed by atoms with Crippen LogP contribution in [-0.2, 0) is 27.2 Å². The molecule has 0 radical (unpaired) electrons. The maximum Gasteiger partial charge on any atom is 0.415 e. The second-order valence-corrected chi connectivity index (χ2v) is 10.4. The summed E-state index contributed by atoms with van der Waals surface area (Å²) < 4.78 is 15.9. The number of aromatic nitrogens is 2. The van der Waals surface area contributed by atoms with E-state index in [1.807, 2.05) is 12.1 Å². The normalized spacial score (nSPS) is 20.2. The SMILES string of the molecule is O=C1COc2ccc(N3CC(CCNC4Cc5ccc(Cl)cc5C4)OC3=O)nc2N1.O=C1COc2cccnc2N1. The highest BCUT2D eigenvalue weighted by molar-refractivity contribution is 6.30. The number of rotatable bonds is 5. The molecule has 1 fully saturated rings. The molecule has 3 aliphatic heterocycles. The van der Waals surface area contributed by atoms with Crippen LogP contribution in [0, 0.1) is 0 Å². The van der Waals surface area contributed by atoms with Gasteiger partial charge in [-0.05, 0) is 73.3 Å². The second kappa shape index (κ2) is 11.6. The molecule has 13 heteroatoms. The van der Waals surface area contributed by atoms with Crippen LogP contribution in [0.5, 0.6) is 11.5 Å². The van der Waals surface area contributed by atoms with Gasteiger partial charge in [-0.15, -0.1) is 0 Å². The number of fused-ring (bicyclic) bond motifs is 3. The van der Waals surface area contributed by atoms with Crippen LogP contribution in [0.4, 0.5) is 22.2 Å². The quantitative estimate of drug-likeness (QED) is 0.416. The number of pyridine rings is 2. The summed E-state index contributed by atoms with van der Waals surface area (Å²) in [4.78, 5) is 44.3. The van der Waals surface area contributed by atoms with Gasteiger partial charge in [0.05, 0.1) is 6.54 Å². The van der Waals surface area contributed by atoms with Crippen molar-refractivity contribution in [2.75, 3.05) is 41.8 Å². The van der Waals surface area contributed by atoms with Gasteiger partial charge in [0.1, 0.15) is 11.9 Å². The summed E-state index contributed by atoms with van der Waals surface area (Å²) in [5.41, 5.74) is 2.64. The van der Waals surface area contributed by atoms with Crippen LogP contribution in [0.25, 0.3) is 0 Å². The molecule has 212 valence electrons. The highest BCUT2D eigenvalue weighted by Gasteiger charge is 2.34. The number of carbonyl (C=O) groups excluding carboxylic acids is 3. The average molecular weight is 579 g/mol. The first-order chi connectivity index (χ1) is 19.9. The number of anilines is 3. The molecule has 2 aromatic heterocycles. The number of carbonyl (C=O) groups is 3. The number of benzene rings is 1. The molecule has 3 amide bonds. The first-order valence-corrected chi connectivity index (χ1v) is 13.6. The summed E-state index contributed by atoms with van der Waals surface area (Å²) >= 11 is 6.08. The Morgan fingerprint density at radius 2 is 1.71 bits per heavy atom. The Labute approximate surface area is 240 Å². The van der Waals surface area contributed by atoms with Crippen LogP contribution in [0.1, 0.15) is 17.5 Å². The van der Waals surface area contributed by atoms with Crippen molar-refractivity contribution in [1.82, 2.24) is 15.3 Å². The van der Waals surface area contributed by atoms with Gasteiger partial charge in [0.25, 0.3) is 11.8 Å². The van der Waals surface area contributed by atoms with Crippen LogP contribution in [0.2, 0.25) is 5.02 Å². The van der Waals surface area contributed by atoms with E-state index < -0.39 is 6.09 Å². The minimum atomic E-state index is -0.432. The molecule has 4 aliphatic rings. The molecule has 5 heterocycles. The zero-order valence-electron chi connectivity index (χ0n) is 21.9. The van der Waals surface area contributed by atoms with E-state index in [9.17, 15) is 14.4 Å². The van der Waals surface area contributed by atoms with Gasteiger partial charge in [-0.25, -0.2) is 14.8 Å². The number of halogens is 1. The van der Waals surface area contributed by atoms with E-state index in [0.29, 0.717) is 48.0 Å². The molecule has 3 N–H and O–H groups in total. The van der Waals surface area contributed by atoms with Crippen molar-refractivity contribution in [3.8, 4) is 11.5 Å². The molecule has 41 heavy (non-hydrogen) atoms. The van der Waals surface area contributed by atoms with Crippen molar-refractivity contribution in [3.05, 3.63) is 64.8 Å². The molecule has 0 spiro atoms. The van der Waals surface area contributed by atoms with Crippen LogP contribution in [-0.4, -0.2) is 66.3 Å². The maximum absolute atomic E-state index is 12.3. The van der Waals surface area contributed by atoms with Crippen molar-refractivity contribution < 1.29 is 28.6 Å². The smallest absolute Gasteiger partial charge is 0.415 e. The van der Waals surface area contributed by atoms with Crippen molar-refractivity contribution >= 4 is 47.0 Å². The standard InChI is InChI=1S/C21H21ClN4O4.C7H6N2O2/c22-14-2-1-12-8-15(9-13(12)7-14)23-6-5-16-10-26(21(28)30-16)18-4-3-17-20(24-18)25-19(27)11-29-17;10-6-4-11-5-2-1-3-8-7(5)9-6/h1-4,7,15-16,23H,5-6,8-11H2,(H,24,25,27);1-3H,4H2,(H,8,9,10). The van der Waals surface area contributed by atoms with Crippen molar-refractivity contribution in [1.29, 1.82) is 0 Å². The third-order valence-corrected chi connectivity index (χ3v) is 7.23. The monoisotopic (exact) mass is 578 g/mol. The Hall–Kier alpha value is -4.42.